The van der Waals surface area contributed by atoms with E-state index in [2.05, 4.69) is 24.0 Å². The summed E-state index contributed by atoms with van der Waals surface area (Å²) in [5.41, 5.74) is 2.74. The van der Waals surface area contributed by atoms with Crippen molar-refractivity contribution < 1.29 is 14.6 Å². The van der Waals surface area contributed by atoms with Crippen LogP contribution < -0.4 is 14.8 Å². The number of aliphatic hydroxyl groups excluding tert-OH is 1. The predicted molar refractivity (Wildman–Crippen MR) is 116 cm³/mol. The van der Waals surface area contributed by atoms with Crippen molar-refractivity contribution in [2.45, 2.75) is 37.8 Å². The van der Waals surface area contributed by atoms with Crippen LogP contribution in [0.1, 0.15) is 24.0 Å². The molecule has 0 spiro atoms. The molecule has 0 saturated heterocycles. The maximum atomic E-state index is 10.2. The summed E-state index contributed by atoms with van der Waals surface area (Å²) < 4.78 is 11.3. The number of benzene rings is 2. The normalized spacial score (nSPS) is 16.8. The number of nitrogens with one attached hydrogen (secondary N) is 1. The predicted octanol–water partition coefficient (Wildman–Crippen LogP) is 3.95. The number of aliphatic hydroxyl groups is 1. The van der Waals surface area contributed by atoms with Gasteiger partial charge in [0, 0.05) is 12.6 Å². The summed E-state index contributed by atoms with van der Waals surface area (Å²) >= 11 is 0. The van der Waals surface area contributed by atoms with Gasteiger partial charge in [0.1, 0.15) is 30.8 Å². The van der Waals surface area contributed by atoms with Crippen molar-refractivity contribution in [1.29, 1.82) is 0 Å². The molecule has 1 unspecified atom stereocenters. The van der Waals surface area contributed by atoms with E-state index in [4.69, 9.17) is 9.47 Å². The summed E-state index contributed by atoms with van der Waals surface area (Å²) in [4.78, 5) is 0. The van der Waals surface area contributed by atoms with E-state index in [9.17, 15) is 5.11 Å². The van der Waals surface area contributed by atoms with E-state index >= 15 is 0 Å². The van der Waals surface area contributed by atoms with E-state index in [-0.39, 0.29) is 12.4 Å². The van der Waals surface area contributed by atoms with Gasteiger partial charge in [-0.05, 0) is 61.1 Å². The van der Waals surface area contributed by atoms with Crippen LogP contribution in [0.25, 0.3) is 0 Å². The van der Waals surface area contributed by atoms with Crippen molar-refractivity contribution in [2.75, 3.05) is 19.8 Å². The summed E-state index contributed by atoms with van der Waals surface area (Å²) in [5, 5.41) is 13.7. The summed E-state index contributed by atoms with van der Waals surface area (Å²) in [6.07, 6.45) is 5.52. The van der Waals surface area contributed by atoms with Gasteiger partial charge in [-0.3, -0.25) is 0 Å². The molecule has 5 heteroatoms. The Hall–Kier alpha value is -2.01. The third-order valence-electron chi connectivity index (χ3n) is 4.84. The third-order valence-corrected chi connectivity index (χ3v) is 4.84. The second-order valence-corrected chi connectivity index (χ2v) is 7.01. The summed E-state index contributed by atoms with van der Waals surface area (Å²) in [6, 6.07) is 16.3. The number of fused-ring (bicyclic) bond motifs is 1. The molecule has 1 aliphatic rings. The molecule has 152 valence electrons. The number of halogens is 1. The molecule has 0 fully saturated rings. The number of hydrogen-bond donors (Lipinski definition) is 2. The molecule has 0 heterocycles. The number of aryl methyl sites for hydroxylation is 1. The zero-order chi connectivity index (χ0) is 18.9. The minimum absolute atomic E-state index is 0. The van der Waals surface area contributed by atoms with Crippen LogP contribution >= 0.6 is 12.4 Å². The van der Waals surface area contributed by atoms with E-state index in [1.807, 2.05) is 36.4 Å². The lowest BCUT2D eigenvalue weighted by Gasteiger charge is -2.20. The van der Waals surface area contributed by atoms with Crippen LogP contribution in [0.2, 0.25) is 0 Å². The molecule has 28 heavy (non-hydrogen) atoms. The number of hydrogen-bond acceptors (Lipinski definition) is 4. The quantitative estimate of drug-likeness (QED) is 0.491. The fraction of sp³-hybridized carbons (Fsp3) is 0.391. The van der Waals surface area contributed by atoms with Crippen molar-refractivity contribution in [3.05, 3.63) is 72.3 Å². The van der Waals surface area contributed by atoms with Gasteiger partial charge < -0.3 is 19.9 Å². The van der Waals surface area contributed by atoms with Crippen LogP contribution in [0.15, 0.2) is 61.2 Å². The van der Waals surface area contributed by atoms with Crippen molar-refractivity contribution in [3.8, 4) is 11.5 Å². The number of rotatable bonds is 9. The molecule has 0 bridgehead atoms. The van der Waals surface area contributed by atoms with Gasteiger partial charge in [0.15, 0.2) is 0 Å². The molecule has 2 aromatic rings. The van der Waals surface area contributed by atoms with Crippen LogP contribution in [-0.2, 0) is 12.8 Å². The van der Waals surface area contributed by atoms with E-state index in [0.29, 0.717) is 25.8 Å². The number of para-hydroxylation sites is 1. The molecular formula is C23H30ClNO3. The second kappa shape index (κ2) is 11.7. The lowest BCUT2D eigenvalue weighted by atomic mass is 10.0. The summed E-state index contributed by atoms with van der Waals surface area (Å²) in [7, 11) is 0. The molecule has 0 saturated carbocycles. The maximum Gasteiger partial charge on any atom is 0.120 e. The Labute approximate surface area is 174 Å². The SMILES string of the molecule is C=CCOc1ccc2c(c1)CC(NC[C@H](O)COc1ccccc1)CCC2.Cl. The number of ether oxygens (including phenoxy) is 2. The third kappa shape index (κ3) is 6.86. The fourth-order valence-corrected chi connectivity index (χ4v) is 3.43. The van der Waals surface area contributed by atoms with Gasteiger partial charge in [-0.15, -0.1) is 12.4 Å². The largest absolute Gasteiger partial charge is 0.491 e. The zero-order valence-electron chi connectivity index (χ0n) is 16.2. The van der Waals surface area contributed by atoms with E-state index in [1.165, 1.54) is 11.1 Å². The standard InChI is InChI=1S/C23H29NO3.ClH/c1-2-13-26-23-12-11-18-7-6-8-20(14-19(18)15-23)24-16-21(25)17-27-22-9-4-3-5-10-22;/h2-5,9-12,15,20-21,24-25H,1,6-8,13-14,16-17H2;1H/t20?,21-;/m0./s1. The first-order valence-corrected chi connectivity index (χ1v) is 9.69. The van der Waals surface area contributed by atoms with E-state index < -0.39 is 6.10 Å². The first-order valence-electron chi connectivity index (χ1n) is 9.69. The van der Waals surface area contributed by atoms with E-state index in [0.717, 1.165) is 37.2 Å². The van der Waals surface area contributed by atoms with Gasteiger partial charge in [0.05, 0.1) is 0 Å². The lowest BCUT2D eigenvalue weighted by Crippen LogP contribution is -2.39. The van der Waals surface area contributed by atoms with Gasteiger partial charge in [0.25, 0.3) is 0 Å². The smallest absolute Gasteiger partial charge is 0.120 e. The fourth-order valence-electron chi connectivity index (χ4n) is 3.43. The molecule has 0 aromatic heterocycles. The van der Waals surface area contributed by atoms with Crippen LogP contribution in [0.5, 0.6) is 11.5 Å². The van der Waals surface area contributed by atoms with Crippen LogP contribution in [0.3, 0.4) is 0 Å². The average molecular weight is 404 g/mol. The highest BCUT2D eigenvalue weighted by atomic mass is 35.5. The Balaban J connectivity index is 0.00000280. The Morgan fingerprint density at radius 2 is 1.93 bits per heavy atom. The molecule has 1 aliphatic carbocycles. The van der Waals surface area contributed by atoms with Gasteiger partial charge >= 0.3 is 0 Å². The lowest BCUT2D eigenvalue weighted by molar-refractivity contribution is 0.103. The van der Waals surface area contributed by atoms with Gasteiger partial charge in [-0.2, -0.15) is 0 Å². The zero-order valence-corrected chi connectivity index (χ0v) is 17.0. The molecule has 0 radical (unpaired) electrons. The first kappa shape index (κ1) is 22.3. The minimum atomic E-state index is -0.532. The van der Waals surface area contributed by atoms with E-state index in [1.54, 1.807) is 6.08 Å². The van der Waals surface area contributed by atoms with Crippen molar-refractivity contribution in [2.24, 2.45) is 0 Å². The molecule has 2 N–H and O–H groups in total. The molecule has 2 atom stereocenters. The Bertz CT molecular complexity index is 723. The summed E-state index contributed by atoms with van der Waals surface area (Å²) in [6.45, 7) is 5.04. The Kier molecular flexibility index (Phi) is 9.35. The van der Waals surface area contributed by atoms with Gasteiger partial charge in [-0.1, -0.05) is 36.9 Å². The minimum Gasteiger partial charge on any atom is -0.491 e. The Morgan fingerprint density at radius 1 is 1.11 bits per heavy atom. The van der Waals surface area contributed by atoms with Crippen LogP contribution in [0, 0.1) is 0 Å². The highest BCUT2D eigenvalue weighted by Gasteiger charge is 2.18. The van der Waals surface area contributed by atoms with Gasteiger partial charge in [-0.25, -0.2) is 0 Å². The molecule has 3 rings (SSSR count). The maximum absolute atomic E-state index is 10.2. The highest BCUT2D eigenvalue weighted by molar-refractivity contribution is 5.85. The Morgan fingerprint density at radius 3 is 2.71 bits per heavy atom. The second-order valence-electron chi connectivity index (χ2n) is 7.01. The summed E-state index contributed by atoms with van der Waals surface area (Å²) in [5.74, 6) is 1.68. The molecule has 0 aliphatic heterocycles. The van der Waals surface area contributed by atoms with Gasteiger partial charge in [0.2, 0.25) is 0 Å². The van der Waals surface area contributed by atoms with Crippen LogP contribution in [-0.4, -0.2) is 37.0 Å². The highest BCUT2D eigenvalue weighted by Crippen LogP contribution is 2.25. The molecule has 4 nitrogen and oxygen atoms in total. The molecule has 0 amide bonds. The molecular weight excluding hydrogens is 374 g/mol. The topological polar surface area (TPSA) is 50.7 Å². The van der Waals surface area contributed by atoms with Crippen molar-refractivity contribution >= 4 is 12.4 Å². The monoisotopic (exact) mass is 403 g/mol. The average Bonchev–Trinajstić information content (AvgIpc) is 2.91. The first-order chi connectivity index (χ1) is 13.2. The van der Waals surface area contributed by atoms with Crippen molar-refractivity contribution in [3.63, 3.8) is 0 Å². The van der Waals surface area contributed by atoms with Crippen LogP contribution in [0.4, 0.5) is 0 Å². The molecule has 2 aromatic carbocycles. The van der Waals surface area contributed by atoms with Crippen molar-refractivity contribution in [1.82, 2.24) is 5.32 Å².